The number of aryl methyl sites for hydroxylation is 1. The smallest absolute Gasteiger partial charge is 0.142 e. The SMILES string of the molecule is CC(C)=CCC/C(C)=C/CC/C(C)=C/CC[C@]1(C)CCc2c3c(cc(C)c2O1)OCN(CCCCCO)C3. The van der Waals surface area contributed by atoms with Crippen LogP contribution in [-0.2, 0) is 13.0 Å². The number of nitrogens with zero attached hydrogens (tertiary/aromatic N) is 1. The molecule has 0 saturated heterocycles. The third kappa shape index (κ3) is 9.31. The van der Waals surface area contributed by atoms with Crippen LogP contribution >= 0.6 is 0 Å². The number of benzene rings is 1. The Morgan fingerprint density at radius 3 is 2.39 bits per heavy atom. The lowest BCUT2D eigenvalue weighted by molar-refractivity contribution is 0.0524. The summed E-state index contributed by atoms with van der Waals surface area (Å²) in [5.41, 5.74) is 8.15. The van der Waals surface area contributed by atoms with Crippen molar-refractivity contribution < 1.29 is 14.6 Å². The molecule has 0 radical (unpaired) electrons. The van der Waals surface area contributed by atoms with Crippen LogP contribution in [0.1, 0.15) is 116 Å². The van der Waals surface area contributed by atoms with Gasteiger partial charge in [-0.3, -0.25) is 4.90 Å². The summed E-state index contributed by atoms with van der Waals surface area (Å²) in [5, 5.41) is 9.05. The van der Waals surface area contributed by atoms with Crippen molar-refractivity contribution in [3.05, 3.63) is 57.7 Å². The van der Waals surface area contributed by atoms with Gasteiger partial charge in [-0.2, -0.15) is 0 Å². The Kier molecular flexibility index (Phi) is 12.0. The number of hydrogen-bond acceptors (Lipinski definition) is 4. The molecule has 0 bridgehead atoms. The van der Waals surface area contributed by atoms with E-state index in [4.69, 9.17) is 14.6 Å². The van der Waals surface area contributed by atoms with E-state index in [1.807, 2.05) is 0 Å². The molecule has 0 spiro atoms. The third-order valence-electron chi connectivity index (χ3n) is 8.10. The van der Waals surface area contributed by atoms with Crippen LogP contribution in [0.5, 0.6) is 11.5 Å². The highest BCUT2D eigenvalue weighted by Gasteiger charge is 2.35. The number of ether oxygens (including phenoxy) is 2. The van der Waals surface area contributed by atoms with Crippen molar-refractivity contribution in [1.29, 1.82) is 0 Å². The summed E-state index contributed by atoms with van der Waals surface area (Å²) in [7, 11) is 0. The number of aliphatic hydroxyl groups is 1. The highest BCUT2D eigenvalue weighted by atomic mass is 16.5. The summed E-state index contributed by atoms with van der Waals surface area (Å²) in [6.07, 6.45) is 19.0. The minimum absolute atomic E-state index is 0.121. The first-order chi connectivity index (χ1) is 18.2. The molecular formula is C34H53NO3. The van der Waals surface area contributed by atoms with Gasteiger partial charge in [0, 0.05) is 30.8 Å². The highest BCUT2D eigenvalue weighted by Crippen LogP contribution is 2.44. The minimum Gasteiger partial charge on any atom is -0.487 e. The molecule has 38 heavy (non-hydrogen) atoms. The number of rotatable bonds is 14. The van der Waals surface area contributed by atoms with Gasteiger partial charge in [-0.25, -0.2) is 0 Å². The maximum atomic E-state index is 9.05. The molecule has 0 aliphatic carbocycles. The molecule has 4 heteroatoms. The lowest BCUT2D eigenvalue weighted by Crippen LogP contribution is -2.38. The van der Waals surface area contributed by atoms with E-state index in [0.717, 1.165) is 88.8 Å². The van der Waals surface area contributed by atoms with Gasteiger partial charge in [0.2, 0.25) is 0 Å². The average molecular weight is 524 g/mol. The summed E-state index contributed by atoms with van der Waals surface area (Å²) in [5.74, 6) is 2.14. The zero-order chi connectivity index (χ0) is 27.5. The molecule has 2 heterocycles. The van der Waals surface area contributed by atoms with Crippen molar-refractivity contribution in [3.8, 4) is 11.5 Å². The van der Waals surface area contributed by atoms with Gasteiger partial charge in [0.05, 0.1) is 0 Å². The number of aliphatic hydroxyl groups excluding tert-OH is 1. The molecular weight excluding hydrogens is 470 g/mol. The van der Waals surface area contributed by atoms with E-state index in [0.29, 0.717) is 6.73 Å². The number of hydrogen-bond donors (Lipinski definition) is 1. The number of fused-ring (bicyclic) bond motifs is 3. The predicted octanol–water partition coefficient (Wildman–Crippen LogP) is 8.59. The molecule has 0 amide bonds. The van der Waals surface area contributed by atoms with Crippen LogP contribution in [0.3, 0.4) is 0 Å². The highest BCUT2D eigenvalue weighted by molar-refractivity contribution is 5.55. The molecule has 0 unspecified atom stereocenters. The molecule has 3 rings (SSSR count). The first-order valence-corrected chi connectivity index (χ1v) is 15.0. The largest absolute Gasteiger partial charge is 0.487 e. The predicted molar refractivity (Wildman–Crippen MR) is 160 cm³/mol. The maximum Gasteiger partial charge on any atom is 0.142 e. The van der Waals surface area contributed by atoms with Crippen LogP contribution in [0.2, 0.25) is 0 Å². The molecule has 2 aliphatic rings. The maximum absolute atomic E-state index is 9.05. The van der Waals surface area contributed by atoms with E-state index >= 15 is 0 Å². The number of unbranched alkanes of at least 4 members (excludes halogenated alkanes) is 2. The van der Waals surface area contributed by atoms with Crippen molar-refractivity contribution in [3.63, 3.8) is 0 Å². The van der Waals surface area contributed by atoms with Crippen molar-refractivity contribution in [2.45, 2.75) is 124 Å². The van der Waals surface area contributed by atoms with Crippen LogP contribution in [0, 0.1) is 6.92 Å². The summed E-state index contributed by atoms with van der Waals surface area (Å²) < 4.78 is 12.9. The normalized spacial score (nSPS) is 19.9. The van der Waals surface area contributed by atoms with Crippen LogP contribution < -0.4 is 9.47 Å². The number of allylic oxidation sites excluding steroid dienone is 6. The Labute approximate surface area is 232 Å². The van der Waals surface area contributed by atoms with Crippen molar-refractivity contribution >= 4 is 0 Å². The topological polar surface area (TPSA) is 41.9 Å². The van der Waals surface area contributed by atoms with E-state index in [1.165, 1.54) is 39.8 Å². The minimum atomic E-state index is -0.121. The standard InChI is InChI=1S/C34H53NO3/c1-26(2)13-10-14-27(3)15-11-16-28(4)17-12-19-34(6)20-18-30-31-24-35(21-8-7-9-22-36)25-37-32(31)23-29(5)33(30)38-34/h13,15,17,23,36H,7-12,14,16,18-22,24-25H2,1-6H3/b27-15+,28-17+/t34-/m1/s1. The summed E-state index contributed by atoms with van der Waals surface area (Å²) in [4.78, 5) is 2.39. The van der Waals surface area contributed by atoms with Crippen molar-refractivity contribution in [2.75, 3.05) is 19.9 Å². The Balaban J connectivity index is 1.52. The molecule has 0 saturated carbocycles. The first-order valence-electron chi connectivity index (χ1n) is 15.0. The molecule has 1 aromatic carbocycles. The summed E-state index contributed by atoms with van der Waals surface area (Å²) in [6.45, 7) is 16.2. The van der Waals surface area contributed by atoms with Crippen molar-refractivity contribution in [2.24, 2.45) is 0 Å². The lowest BCUT2D eigenvalue weighted by atomic mass is 9.85. The molecule has 2 aliphatic heterocycles. The average Bonchev–Trinajstić information content (AvgIpc) is 2.87. The second-order valence-corrected chi connectivity index (χ2v) is 12.1. The first kappa shape index (κ1) is 30.5. The zero-order valence-electron chi connectivity index (χ0n) is 25.1. The van der Waals surface area contributed by atoms with E-state index in [-0.39, 0.29) is 12.2 Å². The summed E-state index contributed by atoms with van der Waals surface area (Å²) in [6, 6.07) is 2.18. The molecule has 1 N–H and O–H groups in total. The zero-order valence-corrected chi connectivity index (χ0v) is 25.1. The Bertz CT molecular complexity index is 1000. The van der Waals surface area contributed by atoms with Gasteiger partial charge < -0.3 is 14.6 Å². The molecule has 1 atom stereocenters. The van der Waals surface area contributed by atoms with Gasteiger partial charge in [0.1, 0.15) is 23.8 Å². The van der Waals surface area contributed by atoms with Crippen LogP contribution in [0.25, 0.3) is 0 Å². The fraction of sp³-hybridized carbons (Fsp3) is 0.647. The monoisotopic (exact) mass is 523 g/mol. The molecule has 212 valence electrons. The van der Waals surface area contributed by atoms with Crippen LogP contribution in [0.4, 0.5) is 0 Å². The fourth-order valence-electron chi connectivity index (χ4n) is 5.61. The van der Waals surface area contributed by atoms with E-state index in [2.05, 4.69) is 70.7 Å². The quantitative estimate of drug-likeness (QED) is 0.196. The van der Waals surface area contributed by atoms with E-state index < -0.39 is 0 Å². The fourth-order valence-corrected chi connectivity index (χ4v) is 5.61. The van der Waals surface area contributed by atoms with E-state index in [9.17, 15) is 0 Å². The van der Waals surface area contributed by atoms with Gasteiger partial charge in [0.15, 0.2) is 0 Å². The van der Waals surface area contributed by atoms with Gasteiger partial charge in [0.25, 0.3) is 0 Å². The van der Waals surface area contributed by atoms with Gasteiger partial charge in [-0.15, -0.1) is 0 Å². The Hall–Kier alpha value is -2.04. The van der Waals surface area contributed by atoms with E-state index in [1.54, 1.807) is 0 Å². The molecule has 0 aromatic heterocycles. The van der Waals surface area contributed by atoms with Gasteiger partial charge in [-0.1, -0.05) is 34.9 Å². The van der Waals surface area contributed by atoms with Gasteiger partial charge >= 0.3 is 0 Å². The molecule has 4 nitrogen and oxygen atoms in total. The summed E-state index contributed by atoms with van der Waals surface area (Å²) >= 11 is 0. The second-order valence-electron chi connectivity index (χ2n) is 12.1. The second kappa shape index (κ2) is 14.9. The van der Waals surface area contributed by atoms with Gasteiger partial charge in [-0.05, 0) is 124 Å². The van der Waals surface area contributed by atoms with Crippen LogP contribution in [-0.4, -0.2) is 35.5 Å². The van der Waals surface area contributed by atoms with Crippen LogP contribution in [0.15, 0.2) is 41.0 Å². The van der Waals surface area contributed by atoms with Crippen molar-refractivity contribution in [1.82, 2.24) is 4.90 Å². The molecule has 1 aromatic rings. The molecule has 0 fully saturated rings. The Morgan fingerprint density at radius 1 is 0.974 bits per heavy atom. The third-order valence-corrected chi connectivity index (χ3v) is 8.10. The lowest BCUT2D eigenvalue weighted by Gasteiger charge is -2.39. The Morgan fingerprint density at radius 2 is 1.68 bits per heavy atom.